The first-order chi connectivity index (χ1) is 14.7. The molecule has 6 nitrogen and oxygen atoms in total. The van der Waals surface area contributed by atoms with Crippen molar-refractivity contribution in [1.29, 1.82) is 0 Å². The number of thiazole rings is 1. The molecule has 0 aliphatic carbocycles. The molecule has 5 rings (SSSR count). The molecule has 4 aromatic rings. The Balaban J connectivity index is 1.40. The number of rotatable bonds is 5. The highest BCUT2D eigenvalue weighted by molar-refractivity contribution is 7.17. The zero-order valence-corrected chi connectivity index (χ0v) is 17.8. The molecule has 0 unspecified atom stereocenters. The minimum absolute atomic E-state index is 0.00104. The summed E-state index contributed by atoms with van der Waals surface area (Å²) in [4.78, 5) is 11.1. The Kier molecular flexibility index (Phi) is 5.25. The maximum Gasteiger partial charge on any atom is 0.230 e. The van der Waals surface area contributed by atoms with E-state index in [0.29, 0.717) is 5.82 Å². The molecule has 0 radical (unpaired) electrons. The van der Waals surface area contributed by atoms with E-state index in [2.05, 4.69) is 74.5 Å². The fourth-order valence-electron chi connectivity index (χ4n) is 4.21. The van der Waals surface area contributed by atoms with Crippen LogP contribution in [0.1, 0.15) is 27.9 Å². The third kappa shape index (κ3) is 3.71. The van der Waals surface area contributed by atoms with Crippen LogP contribution in [-0.2, 0) is 6.54 Å². The topological polar surface area (TPSA) is 56.9 Å². The van der Waals surface area contributed by atoms with Gasteiger partial charge in [0.25, 0.3) is 0 Å². The Hall–Kier alpha value is -2.74. The van der Waals surface area contributed by atoms with Gasteiger partial charge in [-0.3, -0.25) is 9.80 Å². The lowest BCUT2D eigenvalue weighted by Crippen LogP contribution is -2.47. The molecule has 1 fully saturated rings. The van der Waals surface area contributed by atoms with Crippen LogP contribution >= 0.6 is 11.3 Å². The van der Waals surface area contributed by atoms with Crippen LogP contribution in [0.25, 0.3) is 4.96 Å². The number of piperazine rings is 1. The van der Waals surface area contributed by atoms with Crippen LogP contribution < -0.4 is 0 Å². The summed E-state index contributed by atoms with van der Waals surface area (Å²) < 4.78 is 1.57. The largest absolute Gasteiger partial charge is 0.492 e. The molecule has 1 atom stereocenters. The first kappa shape index (κ1) is 19.2. The molecule has 0 saturated carbocycles. The fraction of sp³-hybridized carbons (Fsp3) is 0.304. The second kappa shape index (κ2) is 8.18. The smallest absolute Gasteiger partial charge is 0.230 e. The average molecular weight is 420 g/mol. The molecule has 30 heavy (non-hydrogen) atoms. The van der Waals surface area contributed by atoms with E-state index in [1.165, 1.54) is 22.5 Å². The lowest BCUT2D eigenvalue weighted by molar-refractivity contribution is 0.105. The van der Waals surface area contributed by atoms with Gasteiger partial charge in [-0.05, 0) is 18.1 Å². The summed E-state index contributed by atoms with van der Waals surface area (Å²) in [5, 5.41) is 15.3. The van der Waals surface area contributed by atoms with Crippen molar-refractivity contribution in [2.24, 2.45) is 0 Å². The Morgan fingerprint density at radius 3 is 2.30 bits per heavy atom. The van der Waals surface area contributed by atoms with Crippen LogP contribution in [0.2, 0.25) is 0 Å². The number of nitrogens with zero attached hydrogens (tertiary/aromatic N) is 5. The highest BCUT2D eigenvalue weighted by Gasteiger charge is 2.31. The molecule has 2 aromatic carbocycles. The number of hydrogen-bond acceptors (Lipinski definition) is 6. The van der Waals surface area contributed by atoms with Crippen LogP contribution in [0.5, 0.6) is 5.88 Å². The molecule has 1 saturated heterocycles. The van der Waals surface area contributed by atoms with Crippen molar-refractivity contribution in [3.05, 3.63) is 82.5 Å². The Morgan fingerprint density at radius 2 is 1.63 bits per heavy atom. The van der Waals surface area contributed by atoms with Crippen LogP contribution in [0.15, 0.2) is 60.7 Å². The minimum atomic E-state index is -0.00104. The number of aromatic hydroxyl groups is 1. The summed E-state index contributed by atoms with van der Waals surface area (Å²) in [5.41, 5.74) is 2.54. The molecule has 1 aliphatic rings. The molecular formula is C23H25N5OS. The van der Waals surface area contributed by atoms with Gasteiger partial charge in [-0.2, -0.15) is 4.52 Å². The molecular weight excluding hydrogens is 394 g/mol. The molecule has 154 valence electrons. The second-order valence-electron chi connectivity index (χ2n) is 7.75. The molecule has 1 N–H and O–H groups in total. The van der Waals surface area contributed by atoms with Gasteiger partial charge in [-0.1, -0.05) is 72.0 Å². The Bertz CT molecular complexity index is 1120. The monoisotopic (exact) mass is 419 g/mol. The number of benzene rings is 2. The van der Waals surface area contributed by atoms with Crippen molar-refractivity contribution in [2.75, 3.05) is 26.2 Å². The van der Waals surface area contributed by atoms with Crippen LogP contribution in [-0.4, -0.2) is 55.7 Å². The Morgan fingerprint density at radius 1 is 0.967 bits per heavy atom. The predicted molar refractivity (Wildman–Crippen MR) is 119 cm³/mol. The molecule has 0 spiro atoms. The van der Waals surface area contributed by atoms with E-state index >= 15 is 0 Å². The van der Waals surface area contributed by atoms with Crippen molar-refractivity contribution in [1.82, 2.24) is 24.4 Å². The summed E-state index contributed by atoms with van der Waals surface area (Å²) >= 11 is 1.53. The molecule has 2 aromatic heterocycles. The van der Waals surface area contributed by atoms with Gasteiger partial charge in [-0.25, -0.2) is 4.98 Å². The van der Waals surface area contributed by atoms with E-state index in [1.807, 2.05) is 13.0 Å². The normalized spacial score (nSPS) is 16.8. The van der Waals surface area contributed by atoms with E-state index in [-0.39, 0.29) is 11.9 Å². The molecule has 1 aliphatic heterocycles. The first-order valence-electron chi connectivity index (χ1n) is 10.3. The van der Waals surface area contributed by atoms with Crippen LogP contribution in [0, 0.1) is 6.92 Å². The minimum Gasteiger partial charge on any atom is -0.492 e. The number of aromatic nitrogens is 3. The fourth-order valence-corrected chi connectivity index (χ4v) is 5.37. The summed E-state index contributed by atoms with van der Waals surface area (Å²) in [6, 6.07) is 21.1. The standard InChI is InChI=1S/C23H25N5OS/c1-17-24-23-28(25-17)22(29)21(30-23)20(19-10-6-3-7-11-19)27-14-12-26(13-15-27)16-18-8-4-2-5-9-18/h2-11,20,29H,12-16H2,1H3/t20-/m0/s1. The SMILES string of the molecule is Cc1nc2sc([C@H](c3ccccc3)N3CCN(Cc4ccccc4)CC3)c(O)n2n1. The van der Waals surface area contributed by atoms with E-state index in [9.17, 15) is 5.11 Å². The quantitative estimate of drug-likeness (QED) is 0.534. The van der Waals surface area contributed by atoms with Gasteiger partial charge in [0.2, 0.25) is 10.8 Å². The van der Waals surface area contributed by atoms with E-state index in [0.717, 1.165) is 42.6 Å². The van der Waals surface area contributed by atoms with Gasteiger partial charge in [0, 0.05) is 32.7 Å². The van der Waals surface area contributed by atoms with Gasteiger partial charge in [-0.15, -0.1) is 5.10 Å². The molecule has 0 amide bonds. The number of fused-ring (bicyclic) bond motifs is 1. The van der Waals surface area contributed by atoms with Crippen molar-refractivity contribution >= 4 is 16.3 Å². The molecule has 7 heteroatoms. The number of hydrogen-bond donors (Lipinski definition) is 1. The first-order valence-corrected chi connectivity index (χ1v) is 11.1. The van der Waals surface area contributed by atoms with Gasteiger partial charge >= 0.3 is 0 Å². The predicted octanol–water partition coefficient (Wildman–Crippen LogP) is 3.71. The third-order valence-electron chi connectivity index (χ3n) is 5.69. The number of aryl methyl sites for hydroxylation is 1. The van der Waals surface area contributed by atoms with Gasteiger partial charge in [0.1, 0.15) is 5.82 Å². The zero-order valence-electron chi connectivity index (χ0n) is 17.0. The van der Waals surface area contributed by atoms with Crippen molar-refractivity contribution in [3.8, 4) is 5.88 Å². The van der Waals surface area contributed by atoms with Crippen molar-refractivity contribution in [2.45, 2.75) is 19.5 Å². The highest BCUT2D eigenvalue weighted by Crippen LogP contribution is 2.40. The van der Waals surface area contributed by atoms with Gasteiger partial charge in [0.15, 0.2) is 0 Å². The van der Waals surface area contributed by atoms with Crippen molar-refractivity contribution in [3.63, 3.8) is 0 Å². The van der Waals surface area contributed by atoms with Gasteiger partial charge < -0.3 is 5.11 Å². The zero-order chi connectivity index (χ0) is 20.5. The second-order valence-corrected chi connectivity index (χ2v) is 8.76. The summed E-state index contributed by atoms with van der Waals surface area (Å²) in [6.45, 7) is 6.71. The molecule has 3 heterocycles. The Labute approximate surface area is 180 Å². The van der Waals surface area contributed by atoms with E-state index < -0.39 is 0 Å². The summed E-state index contributed by atoms with van der Waals surface area (Å²) in [7, 11) is 0. The average Bonchev–Trinajstić information content (AvgIpc) is 3.28. The maximum absolute atomic E-state index is 10.9. The van der Waals surface area contributed by atoms with Crippen molar-refractivity contribution < 1.29 is 5.11 Å². The van der Waals surface area contributed by atoms with E-state index in [4.69, 9.17) is 0 Å². The van der Waals surface area contributed by atoms with Gasteiger partial charge in [0.05, 0.1) is 10.9 Å². The maximum atomic E-state index is 10.9. The highest BCUT2D eigenvalue weighted by atomic mass is 32.1. The molecule has 0 bridgehead atoms. The van der Waals surface area contributed by atoms with Crippen LogP contribution in [0.4, 0.5) is 0 Å². The van der Waals surface area contributed by atoms with Crippen LogP contribution in [0.3, 0.4) is 0 Å². The lowest BCUT2D eigenvalue weighted by Gasteiger charge is -2.39. The summed E-state index contributed by atoms with van der Waals surface area (Å²) in [6.07, 6.45) is 0. The third-order valence-corrected chi connectivity index (χ3v) is 6.76. The lowest BCUT2D eigenvalue weighted by atomic mass is 10.0. The van der Waals surface area contributed by atoms with E-state index in [1.54, 1.807) is 4.52 Å². The summed E-state index contributed by atoms with van der Waals surface area (Å²) in [5.74, 6) is 0.880.